The largest absolute Gasteiger partial charge is 0.493 e. The highest BCUT2D eigenvalue weighted by molar-refractivity contribution is 7.98. The summed E-state index contributed by atoms with van der Waals surface area (Å²) < 4.78 is 17.1. The van der Waals surface area contributed by atoms with Crippen molar-refractivity contribution in [1.29, 1.82) is 0 Å². The molecule has 3 aromatic carbocycles. The van der Waals surface area contributed by atoms with Crippen LogP contribution in [-0.4, -0.2) is 33.5 Å². The zero-order valence-corrected chi connectivity index (χ0v) is 22.2. The third kappa shape index (κ3) is 4.90. The van der Waals surface area contributed by atoms with E-state index in [0.717, 1.165) is 27.8 Å². The molecule has 0 saturated heterocycles. The first kappa shape index (κ1) is 25.9. The van der Waals surface area contributed by atoms with Gasteiger partial charge in [-0.05, 0) is 71.7 Å². The third-order valence-corrected chi connectivity index (χ3v) is 7.48. The van der Waals surface area contributed by atoms with Crippen LogP contribution >= 0.6 is 23.4 Å². The van der Waals surface area contributed by atoms with Crippen molar-refractivity contribution < 1.29 is 19.0 Å². The number of methoxy groups -OCH3 is 3. The van der Waals surface area contributed by atoms with Crippen molar-refractivity contribution in [2.75, 3.05) is 27.6 Å². The van der Waals surface area contributed by atoms with E-state index in [1.54, 1.807) is 39.5 Å². The molecule has 8 heteroatoms. The van der Waals surface area contributed by atoms with E-state index in [0.29, 0.717) is 46.4 Å². The molecule has 0 fully saturated rings. The summed E-state index contributed by atoms with van der Waals surface area (Å²) in [6.45, 7) is 0. The molecule has 36 heavy (non-hydrogen) atoms. The number of carbonyl (C=O) groups is 1. The summed E-state index contributed by atoms with van der Waals surface area (Å²) in [4.78, 5) is 26.9. The first-order valence-corrected chi connectivity index (χ1v) is 13.2. The summed E-state index contributed by atoms with van der Waals surface area (Å²) in [5.41, 5.74) is 4.72. The first-order valence-electron chi connectivity index (χ1n) is 11.5. The number of aryl methyl sites for hydroxylation is 1. The number of nitrogens with one attached hydrogen (secondary N) is 1. The number of thioether (sulfide) groups is 1. The zero-order valence-electron chi connectivity index (χ0n) is 20.6. The van der Waals surface area contributed by atoms with Gasteiger partial charge in [-0.3, -0.25) is 9.59 Å². The number of hydrogen-bond donors (Lipinski definition) is 1. The number of hydrogen-bond acceptors (Lipinski definition) is 6. The van der Waals surface area contributed by atoms with Crippen LogP contribution in [-0.2, 0) is 12.3 Å². The highest BCUT2D eigenvalue weighted by Crippen LogP contribution is 2.50. The average Bonchev–Trinajstić information content (AvgIpc) is 3.15. The molecule has 0 heterocycles. The van der Waals surface area contributed by atoms with E-state index >= 15 is 0 Å². The van der Waals surface area contributed by atoms with Gasteiger partial charge in [-0.25, -0.2) is 0 Å². The highest BCUT2D eigenvalue weighted by atomic mass is 35.5. The summed E-state index contributed by atoms with van der Waals surface area (Å²) in [5, 5.41) is 3.16. The molecule has 6 nitrogen and oxygen atoms in total. The number of carbonyl (C=O) groups excluding carboxylic acids is 1. The quantitative estimate of drug-likeness (QED) is 0.319. The van der Waals surface area contributed by atoms with Crippen molar-refractivity contribution in [3.8, 4) is 28.4 Å². The number of ether oxygens (including phenoxy) is 3. The Balaban J connectivity index is 1.90. The van der Waals surface area contributed by atoms with Crippen LogP contribution in [0.4, 0.5) is 0 Å². The summed E-state index contributed by atoms with van der Waals surface area (Å²) in [7, 11) is 4.73. The van der Waals surface area contributed by atoms with Crippen LogP contribution in [0, 0.1) is 0 Å². The van der Waals surface area contributed by atoms with Crippen LogP contribution in [0.25, 0.3) is 11.1 Å². The van der Waals surface area contributed by atoms with Gasteiger partial charge in [0.25, 0.3) is 5.91 Å². The zero-order chi connectivity index (χ0) is 25.8. The molecule has 1 unspecified atom stereocenters. The molecule has 1 N–H and O–H groups in total. The maximum atomic E-state index is 13.2. The average molecular weight is 526 g/mol. The Bertz CT molecular complexity index is 1340. The topological polar surface area (TPSA) is 73.9 Å². The molecule has 0 saturated carbocycles. The monoisotopic (exact) mass is 525 g/mol. The molecule has 0 aliphatic heterocycles. The lowest BCUT2D eigenvalue weighted by Gasteiger charge is -2.20. The molecular formula is C28H28ClNO5S. The fourth-order valence-corrected chi connectivity index (χ4v) is 5.25. The fraction of sp³-hybridized carbons (Fsp3) is 0.286. The SMILES string of the molecule is COc1cc2c(c(OC)c1OC)-c1ccc(SC)c(=O)cc1C(NC(=O)c1ccc(CCl)cc1)CC2. The van der Waals surface area contributed by atoms with Crippen LogP contribution in [0.3, 0.4) is 0 Å². The van der Waals surface area contributed by atoms with Crippen molar-refractivity contribution in [3.05, 3.63) is 81.0 Å². The van der Waals surface area contributed by atoms with Crippen LogP contribution in [0.2, 0.25) is 0 Å². The highest BCUT2D eigenvalue weighted by Gasteiger charge is 2.30. The van der Waals surface area contributed by atoms with Gasteiger partial charge in [0, 0.05) is 17.0 Å². The predicted molar refractivity (Wildman–Crippen MR) is 144 cm³/mol. The number of amides is 1. The van der Waals surface area contributed by atoms with Crippen LogP contribution in [0.5, 0.6) is 17.2 Å². The number of fused-ring (bicyclic) bond motifs is 3. The molecule has 0 aromatic heterocycles. The van der Waals surface area contributed by atoms with Crippen LogP contribution < -0.4 is 25.0 Å². The van der Waals surface area contributed by atoms with Gasteiger partial charge in [0.1, 0.15) is 0 Å². The Hall–Kier alpha value is -3.16. The summed E-state index contributed by atoms with van der Waals surface area (Å²) >= 11 is 7.28. The van der Waals surface area contributed by atoms with E-state index in [1.807, 2.05) is 36.6 Å². The van der Waals surface area contributed by atoms with Gasteiger partial charge in [0.05, 0.1) is 32.3 Å². The normalized spacial score (nSPS) is 14.2. The molecule has 0 spiro atoms. The lowest BCUT2D eigenvalue weighted by atomic mass is 9.95. The van der Waals surface area contributed by atoms with Crippen molar-refractivity contribution in [2.45, 2.75) is 29.7 Å². The van der Waals surface area contributed by atoms with Crippen LogP contribution in [0.15, 0.2) is 58.2 Å². The van der Waals surface area contributed by atoms with Crippen molar-refractivity contribution in [1.82, 2.24) is 5.32 Å². The molecule has 0 bridgehead atoms. The standard InChI is InChI=1S/C28H28ClNO5S/c1-33-23-13-18-9-11-21(30-28(32)17-7-5-16(15-29)6-8-17)20-14-22(31)24(36-4)12-10-19(20)25(18)27(35-3)26(23)34-2/h5-8,10,12-14,21H,9,11,15H2,1-4H3,(H,30,32). The molecule has 4 rings (SSSR count). The predicted octanol–water partition coefficient (Wildman–Crippen LogP) is 5.62. The second-order valence-corrected chi connectivity index (χ2v) is 9.47. The van der Waals surface area contributed by atoms with E-state index in [9.17, 15) is 9.59 Å². The fourth-order valence-electron chi connectivity index (χ4n) is 4.60. The van der Waals surface area contributed by atoms with Crippen molar-refractivity contribution >= 4 is 29.3 Å². The Kier molecular flexibility index (Phi) is 8.11. The lowest BCUT2D eigenvalue weighted by molar-refractivity contribution is 0.0935. The second kappa shape index (κ2) is 11.3. The number of halogens is 1. The van der Waals surface area contributed by atoms with Gasteiger partial charge in [0.15, 0.2) is 16.9 Å². The van der Waals surface area contributed by atoms with E-state index in [-0.39, 0.29) is 11.3 Å². The van der Waals surface area contributed by atoms with Crippen molar-refractivity contribution in [2.24, 2.45) is 0 Å². The van der Waals surface area contributed by atoms with Gasteiger partial charge in [-0.15, -0.1) is 23.4 Å². The molecular weight excluding hydrogens is 498 g/mol. The van der Waals surface area contributed by atoms with E-state index in [4.69, 9.17) is 25.8 Å². The van der Waals surface area contributed by atoms with E-state index in [2.05, 4.69) is 5.32 Å². The van der Waals surface area contributed by atoms with Crippen molar-refractivity contribution in [3.63, 3.8) is 0 Å². The first-order chi connectivity index (χ1) is 17.4. The summed E-state index contributed by atoms with van der Waals surface area (Å²) in [6, 6.07) is 14.1. The summed E-state index contributed by atoms with van der Waals surface area (Å²) in [5.74, 6) is 1.73. The Morgan fingerprint density at radius 3 is 2.36 bits per heavy atom. The van der Waals surface area contributed by atoms with E-state index in [1.165, 1.54) is 11.8 Å². The number of rotatable bonds is 7. The summed E-state index contributed by atoms with van der Waals surface area (Å²) in [6.07, 6.45) is 3.08. The second-order valence-electron chi connectivity index (χ2n) is 8.35. The van der Waals surface area contributed by atoms with Gasteiger partial charge in [-0.1, -0.05) is 18.2 Å². The van der Waals surface area contributed by atoms with Gasteiger partial charge < -0.3 is 19.5 Å². The molecule has 1 amide bonds. The Morgan fingerprint density at radius 2 is 1.75 bits per heavy atom. The number of benzene rings is 2. The molecule has 1 atom stereocenters. The van der Waals surface area contributed by atoms with Gasteiger partial charge in [-0.2, -0.15) is 0 Å². The molecule has 1 aliphatic carbocycles. The molecule has 1 aliphatic rings. The molecule has 0 radical (unpaired) electrons. The number of alkyl halides is 1. The van der Waals surface area contributed by atoms with Crippen LogP contribution in [0.1, 0.15) is 39.5 Å². The Labute approximate surface area is 219 Å². The minimum absolute atomic E-state index is 0.0997. The van der Waals surface area contributed by atoms with Gasteiger partial charge >= 0.3 is 0 Å². The molecule has 3 aromatic rings. The van der Waals surface area contributed by atoms with Gasteiger partial charge in [0.2, 0.25) is 5.75 Å². The lowest BCUT2D eigenvalue weighted by Crippen LogP contribution is -2.29. The minimum Gasteiger partial charge on any atom is -0.493 e. The third-order valence-electron chi connectivity index (χ3n) is 6.40. The smallest absolute Gasteiger partial charge is 0.251 e. The van der Waals surface area contributed by atoms with E-state index < -0.39 is 6.04 Å². The molecule has 188 valence electrons. The minimum atomic E-state index is -0.399. The Morgan fingerprint density at radius 1 is 1.03 bits per heavy atom. The maximum Gasteiger partial charge on any atom is 0.251 e. The maximum absolute atomic E-state index is 13.2.